The van der Waals surface area contributed by atoms with Crippen LogP contribution in [-0.4, -0.2) is 34.1 Å². The SMILES string of the molecule is O=C(O)CN1C2=C(C(=O)CCC2)C(c2cc(Br)cc(Br)c2OCc2ccc(F)cc2)C2=C1CCCC2=O. The van der Waals surface area contributed by atoms with Gasteiger partial charge in [0.05, 0.1) is 4.47 Å². The van der Waals surface area contributed by atoms with E-state index in [2.05, 4.69) is 31.9 Å². The lowest BCUT2D eigenvalue weighted by Gasteiger charge is -2.43. The molecule has 0 unspecified atom stereocenters. The Morgan fingerprint density at radius 2 is 1.57 bits per heavy atom. The van der Waals surface area contributed by atoms with Crippen molar-refractivity contribution in [3.63, 3.8) is 0 Å². The maximum Gasteiger partial charge on any atom is 0.323 e. The second-order valence-corrected chi connectivity index (χ2v) is 11.2. The van der Waals surface area contributed by atoms with Crippen LogP contribution in [0.2, 0.25) is 0 Å². The van der Waals surface area contributed by atoms with Gasteiger partial charge in [-0.25, -0.2) is 4.39 Å². The summed E-state index contributed by atoms with van der Waals surface area (Å²) in [5, 5.41) is 9.66. The van der Waals surface area contributed by atoms with Crippen LogP contribution in [-0.2, 0) is 21.0 Å². The van der Waals surface area contributed by atoms with E-state index in [1.165, 1.54) is 12.1 Å². The molecule has 1 N–H and O–H groups in total. The molecule has 0 spiro atoms. The normalized spacial score (nSPS) is 18.2. The van der Waals surface area contributed by atoms with Gasteiger partial charge >= 0.3 is 5.97 Å². The number of carbonyl (C=O) groups is 3. The summed E-state index contributed by atoms with van der Waals surface area (Å²) in [6.45, 7) is -0.133. The quantitative estimate of drug-likeness (QED) is 0.395. The Morgan fingerprint density at radius 3 is 2.14 bits per heavy atom. The second-order valence-electron chi connectivity index (χ2n) is 9.41. The van der Waals surface area contributed by atoms with Crippen LogP contribution in [0.25, 0.3) is 0 Å². The first kappa shape index (κ1) is 25.9. The van der Waals surface area contributed by atoms with E-state index in [4.69, 9.17) is 4.74 Å². The summed E-state index contributed by atoms with van der Waals surface area (Å²) in [5.74, 6) is -1.68. The third kappa shape index (κ3) is 5.03. The van der Waals surface area contributed by atoms with Crippen molar-refractivity contribution in [1.82, 2.24) is 4.90 Å². The fraction of sp³-hybridized carbons (Fsp3) is 0.321. The molecule has 0 saturated heterocycles. The molecule has 0 amide bonds. The topological polar surface area (TPSA) is 83.9 Å². The van der Waals surface area contributed by atoms with Gasteiger partial charge in [-0.05, 0) is 71.4 Å². The van der Waals surface area contributed by atoms with Gasteiger partial charge in [-0.2, -0.15) is 0 Å². The van der Waals surface area contributed by atoms with Gasteiger partial charge in [0.25, 0.3) is 0 Å². The molecule has 0 fully saturated rings. The van der Waals surface area contributed by atoms with Gasteiger partial charge in [-0.3, -0.25) is 14.4 Å². The highest BCUT2D eigenvalue weighted by molar-refractivity contribution is 9.11. The number of hydrogen-bond acceptors (Lipinski definition) is 5. The fourth-order valence-electron chi connectivity index (χ4n) is 5.54. The Hall–Kier alpha value is -2.78. The van der Waals surface area contributed by atoms with Crippen LogP contribution in [0.4, 0.5) is 4.39 Å². The van der Waals surface area contributed by atoms with Crippen molar-refractivity contribution in [3.8, 4) is 5.75 Å². The molecule has 0 atom stereocenters. The molecule has 3 aliphatic rings. The predicted octanol–water partition coefficient (Wildman–Crippen LogP) is 6.43. The average molecular weight is 633 g/mol. The lowest BCUT2D eigenvalue weighted by molar-refractivity contribution is -0.138. The molecule has 5 rings (SSSR count). The number of benzene rings is 2. The zero-order chi connectivity index (χ0) is 26.3. The number of halogens is 3. The highest BCUT2D eigenvalue weighted by Crippen LogP contribution is 2.52. The second kappa shape index (κ2) is 10.5. The summed E-state index contributed by atoms with van der Waals surface area (Å²) in [4.78, 5) is 40.4. The van der Waals surface area contributed by atoms with Gasteiger partial charge in [-0.1, -0.05) is 28.1 Å². The highest BCUT2D eigenvalue weighted by atomic mass is 79.9. The summed E-state index contributed by atoms with van der Waals surface area (Å²) < 4.78 is 21.0. The Balaban J connectivity index is 1.68. The molecule has 6 nitrogen and oxygen atoms in total. The van der Waals surface area contributed by atoms with E-state index in [-0.39, 0.29) is 30.5 Å². The molecular weight excluding hydrogens is 609 g/mol. The zero-order valence-electron chi connectivity index (χ0n) is 19.9. The molecule has 2 aromatic carbocycles. The molecule has 37 heavy (non-hydrogen) atoms. The Morgan fingerprint density at radius 1 is 0.973 bits per heavy atom. The summed E-state index contributed by atoms with van der Waals surface area (Å²) in [6, 6.07) is 9.71. The van der Waals surface area contributed by atoms with E-state index in [0.29, 0.717) is 76.9 Å². The molecule has 1 aliphatic heterocycles. The molecular formula is C28H24Br2FNO5. The van der Waals surface area contributed by atoms with E-state index in [1.54, 1.807) is 17.0 Å². The molecule has 0 aromatic heterocycles. The minimum Gasteiger partial charge on any atom is -0.487 e. The molecule has 0 bridgehead atoms. The summed E-state index contributed by atoms with van der Waals surface area (Å²) in [6.07, 6.45) is 3.08. The number of ether oxygens (including phenoxy) is 1. The summed E-state index contributed by atoms with van der Waals surface area (Å²) in [7, 11) is 0. The molecule has 9 heteroatoms. The monoisotopic (exact) mass is 631 g/mol. The van der Waals surface area contributed by atoms with E-state index >= 15 is 0 Å². The van der Waals surface area contributed by atoms with Crippen LogP contribution >= 0.6 is 31.9 Å². The van der Waals surface area contributed by atoms with Crippen molar-refractivity contribution in [2.75, 3.05) is 6.54 Å². The van der Waals surface area contributed by atoms with Gasteiger partial charge in [0.1, 0.15) is 24.7 Å². The van der Waals surface area contributed by atoms with Gasteiger partial charge < -0.3 is 14.7 Å². The molecule has 0 radical (unpaired) electrons. The predicted molar refractivity (Wildman–Crippen MR) is 141 cm³/mol. The largest absolute Gasteiger partial charge is 0.487 e. The fourth-order valence-corrected chi connectivity index (χ4v) is 6.91. The first-order valence-electron chi connectivity index (χ1n) is 12.1. The third-order valence-corrected chi connectivity index (χ3v) is 8.07. The van der Waals surface area contributed by atoms with Crippen LogP contribution in [0.15, 0.2) is 67.9 Å². The average Bonchev–Trinajstić information content (AvgIpc) is 2.85. The Kier molecular flexibility index (Phi) is 7.36. The maximum atomic E-state index is 13.5. The minimum absolute atomic E-state index is 0.0767. The molecule has 1 heterocycles. The summed E-state index contributed by atoms with van der Waals surface area (Å²) in [5.41, 5.74) is 3.77. The first-order valence-corrected chi connectivity index (χ1v) is 13.7. The lowest BCUT2D eigenvalue weighted by atomic mass is 9.70. The number of rotatable bonds is 6. The number of allylic oxidation sites excluding steroid dienone is 4. The lowest BCUT2D eigenvalue weighted by Crippen LogP contribution is -2.41. The molecule has 192 valence electrons. The van der Waals surface area contributed by atoms with Crippen LogP contribution in [0.5, 0.6) is 5.75 Å². The van der Waals surface area contributed by atoms with Crippen molar-refractivity contribution < 1.29 is 28.6 Å². The molecule has 2 aliphatic carbocycles. The van der Waals surface area contributed by atoms with Gasteiger partial charge in [0, 0.05) is 51.3 Å². The summed E-state index contributed by atoms with van der Waals surface area (Å²) >= 11 is 7.15. The number of Topliss-reactive ketones (excluding diaryl/α,β-unsaturated/α-hetero) is 2. The molecule has 0 saturated carbocycles. The van der Waals surface area contributed by atoms with Crippen molar-refractivity contribution in [2.24, 2.45) is 0 Å². The van der Waals surface area contributed by atoms with Gasteiger partial charge in [-0.15, -0.1) is 0 Å². The van der Waals surface area contributed by atoms with E-state index < -0.39 is 11.9 Å². The maximum absolute atomic E-state index is 13.5. The van der Waals surface area contributed by atoms with Crippen molar-refractivity contribution in [3.05, 3.63) is 84.8 Å². The Bertz CT molecular complexity index is 1320. The highest BCUT2D eigenvalue weighted by Gasteiger charge is 2.44. The van der Waals surface area contributed by atoms with E-state index in [0.717, 1.165) is 10.0 Å². The third-order valence-electron chi connectivity index (χ3n) is 7.02. The number of aliphatic carboxylic acids is 1. The van der Waals surface area contributed by atoms with Crippen molar-refractivity contribution in [2.45, 2.75) is 51.0 Å². The number of carbonyl (C=O) groups excluding carboxylic acids is 2. The smallest absolute Gasteiger partial charge is 0.323 e. The Labute approximate surface area is 230 Å². The van der Waals surface area contributed by atoms with Crippen LogP contribution in [0, 0.1) is 5.82 Å². The standard InChI is InChI=1S/C28H24Br2FNO5/c29-16-11-18(28(19(30)12-16)37-14-15-7-9-17(31)10-8-15)25-26-20(3-1-5-22(26)33)32(13-24(35)36)21-4-2-6-23(34)27(21)25/h7-12,25H,1-6,13-14H2,(H,35,36). The van der Waals surface area contributed by atoms with Crippen LogP contribution in [0.3, 0.4) is 0 Å². The minimum atomic E-state index is -1.01. The van der Waals surface area contributed by atoms with Crippen molar-refractivity contribution >= 4 is 49.4 Å². The van der Waals surface area contributed by atoms with Gasteiger partial charge in [0.2, 0.25) is 0 Å². The first-order chi connectivity index (χ1) is 17.7. The number of carboxylic acids is 1. The number of carboxylic acid groups (broad SMARTS) is 1. The number of nitrogens with zero attached hydrogens (tertiary/aromatic N) is 1. The van der Waals surface area contributed by atoms with Gasteiger partial charge in [0.15, 0.2) is 11.6 Å². The van der Waals surface area contributed by atoms with Crippen LogP contribution in [0.1, 0.15) is 55.6 Å². The number of hydrogen-bond donors (Lipinski definition) is 1. The van der Waals surface area contributed by atoms with Crippen molar-refractivity contribution in [1.29, 1.82) is 0 Å². The molecule has 2 aromatic rings. The van der Waals surface area contributed by atoms with E-state index in [9.17, 15) is 23.9 Å². The zero-order valence-corrected chi connectivity index (χ0v) is 23.0. The van der Waals surface area contributed by atoms with E-state index in [1.807, 2.05) is 12.1 Å². The number of ketones is 2. The van der Waals surface area contributed by atoms with Crippen LogP contribution < -0.4 is 4.74 Å².